The van der Waals surface area contributed by atoms with Gasteiger partial charge >= 0.3 is 6.18 Å². The Morgan fingerprint density at radius 3 is 1.95 bits per heavy atom. The first-order chi connectivity index (χ1) is 10.4. The van der Waals surface area contributed by atoms with E-state index in [0.717, 1.165) is 0 Å². The highest BCUT2D eigenvalue weighted by Crippen LogP contribution is 2.34. The molecule has 1 atom stereocenters. The van der Waals surface area contributed by atoms with Crippen LogP contribution in [0.15, 0.2) is 72.8 Å². The third-order valence-corrected chi connectivity index (χ3v) is 3.16. The molecule has 2 rings (SSSR count). The fraction of sp³-hybridized carbons (Fsp3) is 0.118. The number of rotatable bonds is 4. The number of alkyl halides is 3. The van der Waals surface area contributed by atoms with E-state index in [1.165, 1.54) is 24.3 Å². The molecule has 5 heteroatoms. The monoisotopic (exact) mass is 305 g/mol. The largest absolute Gasteiger partial charge is 0.414 e. The zero-order valence-electron chi connectivity index (χ0n) is 11.6. The highest BCUT2D eigenvalue weighted by Gasteiger charge is 2.38. The van der Waals surface area contributed by atoms with Gasteiger partial charge in [-0.1, -0.05) is 55.1 Å². The number of halogens is 3. The number of carbonyl (C=O) groups excluding carboxylic acids is 1. The maximum Gasteiger partial charge on any atom is 0.414 e. The van der Waals surface area contributed by atoms with Crippen molar-refractivity contribution in [2.45, 2.75) is 12.2 Å². The standard InChI is InChI=1S/C17H14F3NO/c1-12(17(18,19)20)15(13-8-4-2-5-9-13)21-16(22)14-10-6-3-7-11-14/h2-11,15H,1H2,(H,21,22). The predicted octanol–water partition coefficient (Wildman–Crippen LogP) is 4.28. The van der Waals surface area contributed by atoms with E-state index >= 15 is 0 Å². The minimum atomic E-state index is -4.59. The van der Waals surface area contributed by atoms with Gasteiger partial charge in [-0.2, -0.15) is 13.2 Å². The van der Waals surface area contributed by atoms with Gasteiger partial charge in [0.1, 0.15) is 0 Å². The molecule has 1 N–H and O–H groups in total. The summed E-state index contributed by atoms with van der Waals surface area (Å²) < 4.78 is 39.0. The van der Waals surface area contributed by atoms with Crippen LogP contribution in [0.3, 0.4) is 0 Å². The Morgan fingerprint density at radius 2 is 1.45 bits per heavy atom. The van der Waals surface area contributed by atoms with E-state index in [2.05, 4.69) is 11.9 Å². The van der Waals surface area contributed by atoms with E-state index in [0.29, 0.717) is 11.1 Å². The molecule has 0 aliphatic carbocycles. The Kier molecular flexibility index (Phi) is 4.65. The van der Waals surface area contributed by atoms with E-state index in [4.69, 9.17) is 0 Å². The lowest BCUT2D eigenvalue weighted by molar-refractivity contribution is -0.0961. The molecular weight excluding hydrogens is 291 g/mol. The molecule has 0 bridgehead atoms. The average molecular weight is 305 g/mol. The van der Waals surface area contributed by atoms with Gasteiger partial charge in [-0.3, -0.25) is 4.79 Å². The second-order valence-corrected chi connectivity index (χ2v) is 4.71. The summed E-state index contributed by atoms with van der Waals surface area (Å²) in [4.78, 5) is 12.1. The van der Waals surface area contributed by atoms with Crippen LogP contribution >= 0.6 is 0 Å². The Bertz CT molecular complexity index is 651. The lowest BCUT2D eigenvalue weighted by Gasteiger charge is -2.23. The van der Waals surface area contributed by atoms with Crippen LogP contribution in [-0.2, 0) is 0 Å². The molecule has 1 unspecified atom stereocenters. The van der Waals surface area contributed by atoms with Crippen molar-refractivity contribution in [2.24, 2.45) is 0 Å². The van der Waals surface area contributed by atoms with Crippen LogP contribution in [0.25, 0.3) is 0 Å². The first-order valence-electron chi connectivity index (χ1n) is 6.56. The van der Waals surface area contributed by atoms with Crippen LogP contribution in [0.1, 0.15) is 22.0 Å². The molecule has 0 fully saturated rings. The first kappa shape index (κ1) is 15.8. The van der Waals surface area contributed by atoms with Crippen LogP contribution in [0, 0.1) is 0 Å². The summed E-state index contributed by atoms with van der Waals surface area (Å²) in [6, 6.07) is 14.7. The van der Waals surface area contributed by atoms with Crippen molar-refractivity contribution in [3.05, 3.63) is 83.9 Å². The Labute approximate surface area is 126 Å². The van der Waals surface area contributed by atoms with Gasteiger partial charge in [0.2, 0.25) is 0 Å². The Hall–Kier alpha value is -2.56. The van der Waals surface area contributed by atoms with Crippen LogP contribution in [0.4, 0.5) is 13.2 Å². The van der Waals surface area contributed by atoms with Crippen molar-refractivity contribution in [1.29, 1.82) is 0 Å². The fourth-order valence-electron chi connectivity index (χ4n) is 1.98. The lowest BCUT2D eigenvalue weighted by Crippen LogP contribution is -2.33. The summed E-state index contributed by atoms with van der Waals surface area (Å²) in [5, 5.41) is 2.40. The molecule has 0 saturated carbocycles. The second-order valence-electron chi connectivity index (χ2n) is 4.71. The van der Waals surface area contributed by atoms with Gasteiger partial charge in [-0.25, -0.2) is 0 Å². The first-order valence-corrected chi connectivity index (χ1v) is 6.56. The molecule has 2 aromatic rings. The van der Waals surface area contributed by atoms with E-state index < -0.39 is 23.7 Å². The quantitative estimate of drug-likeness (QED) is 0.839. The van der Waals surface area contributed by atoms with Crippen molar-refractivity contribution in [1.82, 2.24) is 5.32 Å². The van der Waals surface area contributed by atoms with E-state index in [1.54, 1.807) is 36.4 Å². The summed E-state index contributed by atoms with van der Waals surface area (Å²) in [5.41, 5.74) is -0.393. The molecule has 114 valence electrons. The number of nitrogens with one attached hydrogen (secondary N) is 1. The van der Waals surface area contributed by atoms with E-state index in [9.17, 15) is 18.0 Å². The number of carbonyl (C=O) groups is 1. The zero-order chi connectivity index (χ0) is 16.2. The number of hydrogen-bond acceptors (Lipinski definition) is 1. The van der Waals surface area contributed by atoms with Gasteiger partial charge in [-0.15, -0.1) is 0 Å². The topological polar surface area (TPSA) is 29.1 Å². The molecule has 0 aliphatic heterocycles. The van der Waals surface area contributed by atoms with E-state index in [-0.39, 0.29) is 0 Å². The van der Waals surface area contributed by atoms with E-state index in [1.807, 2.05) is 0 Å². The molecule has 0 spiro atoms. The van der Waals surface area contributed by atoms with Crippen molar-refractivity contribution < 1.29 is 18.0 Å². The number of hydrogen-bond donors (Lipinski definition) is 1. The predicted molar refractivity (Wildman–Crippen MR) is 78.3 cm³/mol. The molecular formula is C17H14F3NO. The molecule has 0 aliphatic rings. The summed E-state index contributed by atoms with van der Waals surface area (Å²) in [6.07, 6.45) is -4.59. The average Bonchev–Trinajstić information content (AvgIpc) is 2.52. The van der Waals surface area contributed by atoms with Crippen molar-refractivity contribution >= 4 is 5.91 Å². The molecule has 2 aromatic carbocycles. The van der Waals surface area contributed by atoms with Gasteiger partial charge in [0, 0.05) is 5.56 Å². The molecule has 2 nitrogen and oxygen atoms in total. The summed E-state index contributed by atoms with van der Waals surface area (Å²) >= 11 is 0. The van der Waals surface area contributed by atoms with Crippen LogP contribution < -0.4 is 5.32 Å². The summed E-state index contributed by atoms with van der Waals surface area (Å²) in [6.45, 7) is 3.11. The maximum atomic E-state index is 13.0. The Balaban J connectivity index is 2.30. The minimum absolute atomic E-state index is 0.290. The molecule has 0 radical (unpaired) electrons. The van der Waals surface area contributed by atoms with Gasteiger partial charge < -0.3 is 5.32 Å². The van der Waals surface area contributed by atoms with Crippen molar-refractivity contribution in [3.8, 4) is 0 Å². The third-order valence-electron chi connectivity index (χ3n) is 3.16. The maximum absolute atomic E-state index is 13.0. The molecule has 0 aromatic heterocycles. The normalized spacial score (nSPS) is 12.5. The number of benzene rings is 2. The van der Waals surface area contributed by atoms with Crippen molar-refractivity contribution in [2.75, 3.05) is 0 Å². The zero-order valence-corrected chi connectivity index (χ0v) is 11.6. The van der Waals surface area contributed by atoms with Gasteiger partial charge in [0.25, 0.3) is 5.91 Å². The SMILES string of the molecule is C=C(C(NC(=O)c1ccccc1)c1ccccc1)C(F)(F)F. The summed E-state index contributed by atoms with van der Waals surface area (Å²) in [5.74, 6) is -0.583. The highest BCUT2D eigenvalue weighted by atomic mass is 19.4. The molecule has 1 amide bonds. The van der Waals surface area contributed by atoms with Gasteiger partial charge in [-0.05, 0) is 17.7 Å². The van der Waals surface area contributed by atoms with Crippen LogP contribution in [0.5, 0.6) is 0 Å². The van der Waals surface area contributed by atoms with Crippen molar-refractivity contribution in [3.63, 3.8) is 0 Å². The molecule has 22 heavy (non-hydrogen) atoms. The number of amides is 1. The fourth-order valence-corrected chi connectivity index (χ4v) is 1.98. The second kappa shape index (κ2) is 6.47. The lowest BCUT2D eigenvalue weighted by atomic mass is 9.99. The summed E-state index contributed by atoms with van der Waals surface area (Å²) in [7, 11) is 0. The molecule has 0 saturated heterocycles. The third kappa shape index (κ3) is 3.75. The van der Waals surface area contributed by atoms with Crippen LogP contribution in [-0.4, -0.2) is 12.1 Å². The highest BCUT2D eigenvalue weighted by molar-refractivity contribution is 5.94. The Morgan fingerprint density at radius 1 is 0.955 bits per heavy atom. The smallest absolute Gasteiger partial charge is 0.341 e. The van der Waals surface area contributed by atoms with Gasteiger partial charge in [0.15, 0.2) is 0 Å². The van der Waals surface area contributed by atoms with Crippen LogP contribution in [0.2, 0.25) is 0 Å². The molecule has 0 heterocycles. The van der Waals surface area contributed by atoms with Gasteiger partial charge in [0.05, 0.1) is 11.6 Å². The minimum Gasteiger partial charge on any atom is -0.341 e.